The molecule has 3 rings (SSSR count). The minimum Gasteiger partial charge on any atom is -0.491 e. The van der Waals surface area contributed by atoms with Gasteiger partial charge in [-0.15, -0.1) is 0 Å². The van der Waals surface area contributed by atoms with Gasteiger partial charge in [0.15, 0.2) is 5.75 Å². The van der Waals surface area contributed by atoms with Crippen LogP contribution in [0.15, 0.2) is 35.3 Å². The van der Waals surface area contributed by atoms with Crippen LogP contribution in [0.4, 0.5) is 5.69 Å². The molecular formula is C23H30N4O4. The third-order valence-electron chi connectivity index (χ3n) is 5.43. The first-order valence-electron chi connectivity index (χ1n) is 10.4. The van der Waals surface area contributed by atoms with Crippen molar-refractivity contribution in [3.63, 3.8) is 0 Å². The molecule has 0 aliphatic carbocycles. The molecule has 1 aliphatic heterocycles. The largest absolute Gasteiger partial charge is 0.491 e. The van der Waals surface area contributed by atoms with Crippen LogP contribution in [-0.2, 0) is 22.7 Å². The molecule has 0 saturated carbocycles. The number of ether oxygens (including phenoxy) is 1. The van der Waals surface area contributed by atoms with Gasteiger partial charge in [0, 0.05) is 57.1 Å². The maximum Gasteiger partial charge on any atom is 0.244 e. The second kappa shape index (κ2) is 9.78. The number of rotatable bonds is 6. The fourth-order valence-electron chi connectivity index (χ4n) is 3.88. The van der Waals surface area contributed by atoms with E-state index in [1.165, 1.54) is 13.2 Å². The van der Waals surface area contributed by atoms with E-state index < -0.39 is 0 Å². The molecule has 166 valence electrons. The lowest BCUT2D eigenvalue weighted by Crippen LogP contribution is -2.47. The zero-order valence-electron chi connectivity index (χ0n) is 18.6. The Balaban J connectivity index is 1.76. The Bertz CT molecular complexity index is 1000. The maximum absolute atomic E-state index is 12.7. The van der Waals surface area contributed by atoms with Crippen molar-refractivity contribution < 1.29 is 14.3 Å². The molecule has 0 unspecified atom stereocenters. The molecule has 8 heteroatoms. The van der Waals surface area contributed by atoms with E-state index in [0.717, 1.165) is 22.5 Å². The van der Waals surface area contributed by atoms with Gasteiger partial charge in [-0.25, -0.2) is 0 Å². The summed E-state index contributed by atoms with van der Waals surface area (Å²) in [4.78, 5) is 40.6. The fraction of sp³-hybridized carbons (Fsp3) is 0.435. The van der Waals surface area contributed by atoms with Crippen LogP contribution in [0, 0.1) is 13.8 Å². The lowest BCUT2D eigenvalue weighted by Gasteiger charge is -2.34. The third kappa shape index (κ3) is 5.95. The highest BCUT2D eigenvalue weighted by Gasteiger charge is 2.20. The van der Waals surface area contributed by atoms with Crippen LogP contribution in [0.3, 0.4) is 0 Å². The second-order valence-corrected chi connectivity index (χ2v) is 8.03. The van der Waals surface area contributed by atoms with Crippen molar-refractivity contribution >= 4 is 17.5 Å². The van der Waals surface area contributed by atoms with Gasteiger partial charge in [0.05, 0.1) is 13.3 Å². The van der Waals surface area contributed by atoms with Gasteiger partial charge >= 0.3 is 0 Å². The SMILES string of the molecule is COc1cn(CC(=O)Nc2cc(C)cc(C)c2)c(CN2CCN(C(C)=O)CC2)cc1=O. The molecule has 1 aliphatic rings. The van der Waals surface area contributed by atoms with Gasteiger partial charge in [-0.05, 0) is 37.1 Å². The highest BCUT2D eigenvalue weighted by Crippen LogP contribution is 2.15. The Hall–Kier alpha value is -3.13. The molecule has 8 nitrogen and oxygen atoms in total. The highest BCUT2D eigenvalue weighted by atomic mass is 16.5. The number of amides is 2. The van der Waals surface area contributed by atoms with Crippen LogP contribution in [0.1, 0.15) is 23.7 Å². The first-order valence-corrected chi connectivity index (χ1v) is 10.4. The average Bonchev–Trinajstić information content (AvgIpc) is 2.69. The molecule has 0 bridgehead atoms. The van der Waals surface area contributed by atoms with Gasteiger partial charge in [0.2, 0.25) is 17.2 Å². The summed E-state index contributed by atoms with van der Waals surface area (Å²) in [5.74, 6) is 0.0896. The van der Waals surface area contributed by atoms with E-state index in [1.807, 2.05) is 36.9 Å². The van der Waals surface area contributed by atoms with Crippen LogP contribution in [0.2, 0.25) is 0 Å². The molecular weight excluding hydrogens is 396 g/mol. The molecule has 1 saturated heterocycles. The molecule has 31 heavy (non-hydrogen) atoms. The normalized spacial score (nSPS) is 14.4. The minimum atomic E-state index is -0.217. The summed E-state index contributed by atoms with van der Waals surface area (Å²) in [6.45, 7) is 8.87. The van der Waals surface area contributed by atoms with E-state index in [-0.39, 0.29) is 29.5 Å². The number of hydrogen-bond donors (Lipinski definition) is 1. The monoisotopic (exact) mass is 426 g/mol. The lowest BCUT2D eigenvalue weighted by molar-refractivity contribution is -0.130. The first-order chi connectivity index (χ1) is 14.7. The summed E-state index contributed by atoms with van der Waals surface area (Å²) < 4.78 is 6.94. The van der Waals surface area contributed by atoms with E-state index in [4.69, 9.17) is 4.74 Å². The van der Waals surface area contributed by atoms with Gasteiger partial charge in [0.25, 0.3) is 0 Å². The van der Waals surface area contributed by atoms with Crippen LogP contribution >= 0.6 is 0 Å². The van der Waals surface area contributed by atoms with Crippen molar-refractivity contribution in [2.75, 3.05) is 38.6 Å². The first kappa shape index (κ1) is 22.6. The number of benzene rings is 1. The van der Waals surface area contributed by atoms with Gasteiger partial charge in [0.1, 0.15) is 6.54 Å². The Morgan fingerprint density at radius 3 is 2.26 bits per heavy atom. The van der Waals surface area contributed by atoms with E-state index in [1.54, 1.807) is 17.7 Å². The van der Waals surface area contributed by atoms with Crippen molar-refractivity contribution in [2.24, 2.45) is 0 Å². The number of aryl methyl sites for hydroxylation is 2. The van der Waals surface area contributed by atoms with Crippen molar-refractivity contribution in [3.8, 4) is 5.75 Å². The molecule has 0 radical (unpaired) electrons. The molecule has 1 fully saturated rings. The average molecular weight is 427 g/mol. The van der Waals surface area contributed by atoms with Gasteiger partial charge in [-0.2, -0.15) is 0 Å². The molecule has 0 atom stereocenters. The topological polar surface area (TPSA) is 83.9 Å². The number of anilines is 1. The smallest absolute Gasteiger partial charge is 0.244 e. The molecule has 1 aromatic heterocycles. The van der Waals surface area contributed by atoms with E-state index >= 15 is 0 Å². The summed E-state index contributed by atoms with van der Waals surface area (Å²) in [7, 11) is 1.44. The zero-order chi connectivity index (χ0) is 22.5. The molecule has 2 aromatic rings. The summed E-state index contributed by atoms with van der Waals surface area (Å²) >= 11 is 0. The van der Waals surface area contributed by atoms with E-state index in [2.05, 4.69) is 10.2 Å². The second-order valence-electron chi connectivity index (χ2n) is 8.03. The molecule has 1 aromatic carbocycles. The highest BCUT2D eigenvalue weighted by molar-refractivity contribution is 5.90. The summed E-state index contributed by atoms with van der Waals surface area (Å²) in [5.41, 5.74) is 3.41. The Kier molecular flexibility index (Phi) is 7.12. The van der Waals surface area contributed by atoms with Crippen molar-refractivity contribution in [1.82, 2.24) is 14.4 Å². The van der Waals surface area contributed by atoms with Crippen LogP contribution in [0.25, 0.3) is 0 Å². The number of nitrogens with one attached hydrogen (secondary N) is 1. The van der Waals surface area contributed by atoms with Crippen LogP contribution in [-0.4, -0.2) is 59.5 Å². The molecule has 0 spiro atoms. The Morgan fingerprint density at radius 2 is 1.68 bits per heavy atom. The zero-order valence-corrected chi connectivity index (χ0v) is 18.6. The number of pyridine rings is 1. The number of hydrogen-bond acceptors (Lipinski definition) is 5. The summed E-state index contributed by atoms with van der Waals surface area (Å²) in [6, 6.07) is 7.42. The minimum absolute atomic E-state index is 0.0619. The van der Waals surface area contributed by atoms with Gasteiger partial charge in [-0.1, -0.05) is 6.07 Å². The van der Waals surface area contributed by atoms with E-state index in [0.29, 0.717) is 32.7 Å². The van der Waals surface area contributed by atoms with Crippen molar-refractivity contribution in [2.45, 2.75) is 33.9 Å². The summed E-state index contributed by atoms with van der Waals surface area (Å²) in [5, 5.41) is 2.94. The number of carbonyl (C=O) groups excluding carboxylic acids is 2. The summed E-state index contributed by atoms with van der Waals surface area (Å²) in [6.07, 6.45) is 1.59. The van der Waals surface area contributed by atoms with Gasteiger partial charge < -0.3 is 19.5 Å². The Morgan fingerprint density at radius 1 is 1.03 bits per heavy atom. The van der Waals surface area contributed by atoms with Crippen molar-refractivity contribution in [3.05, 3.63) is 57.5 Å². The van der Waals surface area contributed by atoms with Crippen LogP contribution in [0.5, 0.6) is 5.75 Å². The predicted octanol–water partition coefficient (Wildman–Crippen LogP) is 1.78. The van der Waals surface area contributed by atoms with E-state index in [9.17, 15) is 14.4 Å². The number of piperazine rings is 1. The Labute approximate surface area is 182 Å². The molecule has 1 N–H and O–H groups in total. The number of aromatic nitrogens is 1. The number of nitrogens with zero attached hydrogens (tertiary/aromatic N) is 3. The van der Waals surface area contributed by atoms with Crippen molar-refractivity contribution in [1.29, 1.82) is 0 Å². The number of methoxy groups -OCH3 is 1. The molecule has 2 heterocycles. The quantitative estimate of drug-likeness (QED) is 0.761. The standard InChI is InChI=1S/C23H30N4O4/c1-16-9-17(2)11-19(10-16)24-23(30)15-27-14-22(31-4)21(29)12-20(27)13-25-5-7-26(8-6-25)18(3)28/h9-12,14H,5-8,13,15H2,1-4H3,(H,24,30). The number of carbonyl (C=O) groups is 2. The van der Waals surface area contributed by atoms with Crippen LogP contribution < -0.4 is 15.5 Å². The third-order valence-corrected chi connectivity index (χ3v) is 5.43. The maximum atomic E-state index is 12.7. The van der Waals surface area contributed by atoms with Gasteiger partial charge in [-0.3, -0.25) is 19.3 Å². The lowest BCUT2D eigenvalue weighted by atomic mass is 10.1. The molecule has 2 amide bonds. The fourth-order valence-corrected chi connectivity index (χ4v) is 3.88. The predicted molar refractivity (Wildman–Crippen MR) is 119 cm³/mol.